The number of nitriles is 1. The third-order valence-corrected chi connectivity index (χ3v) is 14.5. The number of ether oxygens (including phenoxy) is 7. The number of aromatic hydroxyl groups is 1. The molecule has 4 bridgehead atoms. The molecular weight excluding hydrogens is 883 g/mol. The van der Waals surface area contributed by atoms with Crippen LogP contribution < -0.4 is 33.7 Å². The molecule has 7 atom stereocenters. The second kappa shape index (κ2) is 15.2. The molecule has 1 unspecified atom stereocenters. The van der Waals surface area contributed by atoms with Crippen molar-refractivity contribution in [2.45, 2.75) is 80.0 Å². The van der Waals surface area contributed by atoms with Gasteiger partial charge in [-0.2, -0.15) is 31.6 Å². The van der Waals surface area contributed by atoms with Gasteiger partial charge >= 0.3 is 30.3 Å². The van der Waals surface area contributed by atoms with Gasteiger partial charge in [-0.1, -0.05) is 6.07 Å². The van der Waals surface area contributed by atoms with Crippen molar-refractivity contribution in [2.24, 2.45) is 0 Å². The Kier molecular flexibility index (Phi) is 10.4. The van der Waals surface area contributed by atoms with Gasteiger partial charge in [-0.3, -0.25) is 15.1 Å². The first-order chi connectivity index (χ1) is 30.3. The summed E-state index contributed by atoms with van der Waals surface area (Å²) in [5.74, 6) is -7.62. The molecule has 10 rings (SSSR count). The number of nitrogens with zero attached hydrogens (tertiary/aromatic N) is 3. The number of fused-ring (bicyclic) bond motifs is 9. The second-order valence-electron chi connectivity index (χ2n) is 16.3. The molecule has 3 aromatic rings. The van der Waals surface area contributed by atoms with Gasteiger partial charge in [0.25, 0.3) is 0 Å². The van der Waals surface area contributed by atoms with Crippen molar-refractivity contribution in [3.8, 4) is 46.3 Å². The molecule has 2 N–H and O–H groups in total. The molecule has 2 fully saturated rings. The Morgan fingerprint density at radius 3 is 2.28 bits per heavy atom. The summed E-state index contributed by atoms with van der Waals surface area (Å²) in [6.07, 6.45) is -10.5. The predicted molar refractivity (Wildman–Crippen MR) is 208 cm³/mol. The van der Waals surface area contributed by atoms with Crippen molar-refractivity contribution >= 4 is 29.7 Å². The van der Waals surface area contributed by atoms with Gasteiger partial charge in [-0.25, -0.2) is 14.4 Å². The van der Waals surface area contributed by atoms with E-state index in [2.05, 4.69) is 11.4 Å². The molecule has 0 amide bonds. The number of phenolic OH excluding ortho intramolecular Hbond substituents is 1. The van der Waals surface area contributed by atoms with Crippen LogP contribution in [-0.2, 0) is 37.5 Å². The molecule has 0 radical (unpaired) electrons. The standard InChI is InChI=1S/C42H38F6N4O11S/c1-16-8-19-9-21-22(12-49)52-23-13-59-37(54)40(20-11-25(57-4)24(53)10-18(20)6-7-50-40)14-64-36(28-27(23)34-33(60-15-61-34)17(2)32(28)62-38(55)41(43,44)45)30(52)29(51(21)3)26(19)35(31(16)58-5)63-39(56)42(46,47)48/h8,10-11,21-23,29-30,36,50,53H,6-7,9,13-15H2,1-5H3/t21-,22-,23-,29+,30?,36+,40+/m0/s1. The third kappa shape index (κ3) is 6.40. The van der Waals surface area contributed by atoms with Crippen LogP contribution in [0.4, 0.5) is 26.3 Å². The highest BCUT2D eigenvalue weighted by atomic mass is 32.2. The van der Waals surface area contributed by atoms with Crippen LogP contribution in [-0.4, -0.2) is 110 Å². The van der Waals surface area contributed by atoms with Crippen LogP contribution in [0.25, 0.3) is 0 Å². The highest BCUT2D eigenvalue weighted by Gasteiger charge is 2.62. The summed E-state index contributed by atoms with van der Waals surface area (Å²) in [5.41, 5.74) is 0.0652. The number of rotatable bonds is 4. The normalized spacial score (nSPS) is 27.0. The van der Waals surface area contributed by atoms with Crippen molar-refractivity contribution in [3.05, 3.63) is 62.7 Å². The van der Waals surface area contributed by atoms with E-state index in [-0.39, 0.29) is 69.7 Å². The molecular formula is C42H38F6N4O11S. The number of phenols is 1. The molecule has 2 saturated heterocycles. The predicted octanol–water partition coefficient (Wildman–Crippen LogP) is 5.29. The molecule has 340 valence electrons. The molecule has 0 saturated carbocycles. The number of carbonyl (C=O) groups is 3. The first kappa shape index (κ1) is 43.6. The van der Waals surface area contributed by atoms with Gasteiger partial charge in [-0.05, 0) is 68.1 Å². The lowest BCUT2D eigenvalue weighted by Gasteiger charge is -2.62. The van der Waals surface area contributed by atoms with Gasteiger partial charge in [0.15, 0.2) is 40.0 Å². The molecule has 0 aromatic heterocycles. The molecule has 15 nitrogen and oxygen atoms in total. The SMILES string of the molecule is COc1cc2c(cc1O)CCN[C@]21CS[C@@H]2c3c(OC(=O)C(F)(F)F)c(C)c4c(c3[C@H](COC1=O)N1C2[C@H]2c3c(cc(C)c(OC)c3OC(=O)C(F)(F)F)C[C@@H]([C@@H]1C#N)N2C)OCO4. The Balaban J connectivity index is 1.35. The Morgan fingerprint density at radius 2 is 1.62 bits per heavy atom. The van der Waals surface area contributed by atoms with Gasteiger partial charge in [0.2, 0.25) is 6.79 Å². The number of alkyl halides is 6. The van der Waals surface area contributed by atoms with Crippen LogP contribution in [0.1, 0.15) is 61.8 Å². The first-order valence-electron chi connectivity index (χ1n) is 19.8. The number of thioether (sulfide) groups is 1. The molecule has 0 aliphatic carbocycles. The minimum absolute atomic E-state index is 0.00778. The van der Waals surface area contributed by atoms with Gasteiger partial charge in [0, 0.05) is 46.6 Å². The highest BCUT2D eigenvalue weighted by molar-refractivity contribution is 7.99. The summed E-state index contributed by atoms with van der Waals surface area (Å²) in [6, 6.07) is 1.60. The quantitative estimate of drug-likeness (QED) is 0.196. The minimum Gasteiger partial charge on any atom is -0.504 e. The Labute approximate surface area is 364 Å². The number of likely N-dealkylation sites (N-methyl/N-ethyl adjacent to an activating group) is 1. The average molecular weight is 921 g/mol. The summed E-state index contributed by atoms with van der Waals surface area (Å²) in [5, 5.41) is 24.0. The van der Waals surface area contributed by atoms with E-state index in [0.717, 1.165) is 11.8 Å². The maximum atomic E-state index is 14.8. The summed E-state index contributed by atoms with van der Waals surface area (Å²) in [4.78, 5) is 43.9. The van der Waals surface area contributed by atoms with E-state index < -0.39 is 96.2 Å². The van der Waals surface area contributed by atoms with Gasteiger partial charge < -0.3 is 38.3 Å². The molecule has 64 heavy (non-hydrogen) atoms. The van der Waals surface area contributed by atoms with E-state index in [0.29, 0.717) is 28.7 Å². The Bertz CT molecular complexity index is 2570. The monoisotopic (exact) mass is 920 g/mol. The smallest absolute Gasteiger partial charge is 0.491 e. The zero-order chi connectivity index (χ0) is 45.9. The minimum atomic E-state index is -5.48. The number of piperazine rings is 1. The lowest BCUT2D eigenvalue weighted by Crippen LogP contribution is -2.69. The number of aryl methyl sites for hydroxylation is 1. The van der Waals surface area contributed by atoms with E-state index >= 15 is 0 Å². The average Bonchev–Trinajstić information content (AvgIpc) is 3.73. The van der Waals surface area contributed by atoms with Crippen LogP contribution in [0.3, 0.4) is 0 Å². The summed E-state index contributed by atoms with van der Waals surface area (Å²) in [7, 11) is 4.15. The van der Waals surface area contributed by atoms with Crippen molar-refractivity contribution in [1.29, 1.82) is 5.26 Å². The maximum absolute atomic E-state index is 14.8. The number of carbonyl (C=O) groups excluding carboxylic acids is 3. The summed E-state index contributed by atoms with van der Waals surface area (Å²) < 4.78 is 124. The van der Waals surface area contributed by atoms with Crippen LogP contribution in [0.15, 0.2) is 18.2 Å². The lowest BCUT2D eigenvalue weighted by atomic mass is 9.71. The fourth-order valence-electron chi connectivity index (χ4n) is 10.4. The molecule has 3 aromatic carbocycles. The molecule has 1 spiro atoms. The highest BCUT2D eigenvalue weighted by Crippen LogP contribution is 2.65. The first-order valence-corrected chi connectivity index (χ1v) is 20.9. The zero-order valence-electron chi connectivity index (χ0n) is 34.5. The fourth-order valence-corrected chi connectivity index (χ4v) is 12.1. The van der Waals surface area contributed by atoms with Gasteiger partial charge in [0.1, 0.15) is 18.4 Å². The van der Waals surface area contributed by atoms with Gasteiger partial charge in [-0.15, -0.1) is 11.8 Å². The number of nitrogens with one attached hydrogen (secondary N) is 1. The molecule has 7 heterocycles. The van der Waals surface area contributed by atoms with E-state index in [4.69, 9.17) is 33.2 Å². The Morgan fingerprint density at radius 1 is 0.938 bits per heavy atom. The third-order valence-electron chi connectivity index (χ3n) is 13.0. The van der Waals surface area contributed by atoms with Crippen molar-refractivity contribution < 1.29 is 79.0 Å². The van der Waals surface area contributed by atoms with Crippen LogP contribution in [0.2, 0.25) is 0 Å². The van der Waals surface area contributed by atoms with Crippen molar-refractivity contribution in [3.63, 3.8) is 0 Å². The van der Waals surface area contributed by atoms with E-state index in [1.807, 2.05) is 0 Å². The summed E-state index contributed by atoms with van der Waals surface area (Å²) in [6.45, 7) is 2.14. The molecule has 7 aliphatic rings. The van der Waals surface area contributed by atoms with E-state index in [1.165, 1.54) is 33.3 Å². The number of hydrogen-bond acceptors (Lipinski definition) is 16. The number of benzene rings is 3. The molecule has 22 heteroatoms. The van der Waals surface area contributed by atoms with Crippen molar-refractivity contribution in [2.75, 3.05) is 47.0 Å². The number of hydrogen-bond donors (Lipinski definition) is 2. The Hall–Kier alpha value is -5.63. The van der Waals surface area contributed by atoms with Crippen LogP contribution >= 0.6 is 11.8 Å². The van der Waals surface area contributed by atoms with Crippen LogP contribution in [0.5, 0.6) is 40.2 Å². The van der Waals surface area contributed by atoms with E-state index in [1.54, 1.807) is 29.8 Å². The molecule has 7 aliphatic heterocycles. The second-order valence-corrected chi connectivity index (χ2v) is 17.4. The fraction of sp³-hybridized carbons (Fsp3) is 0.476. The van der Waals surface area contributed by atoms with Crippen molar-refractivity contribution in [1.82, 2.24) is 15.1 Å². The maximum Gasteiger partial charge on any atom is 0.491 e. The number of esters is 3. The zero-order valence-corrected chi connectivity index (χ0v) is 35.3. The number of methoxy groups -OCH3 is 2. The van der Waals surface area contributed by atoms with E-state index in [9.17, 15) is 51.1 Å². The largest absolute Gasteiger partial charge is 0.504 e. The summed E-state index contributed by atoms with van der Waals surface area (Å²) >= 11 is 1.02. The topological polar surface area (TPSA) is 178 Å². The van der Waals surface area contributed by atoms with Crippen LogP contribution in [0, 0.1) is 25.2 Å². The number of halogens is 6. The lowest BCUT2D eigenvalue weighted by molar-refractivity contribution is -0.190. The van der Waals surface area contributed by atoms with Gasteiger partial charge in [0.05, 0.1) is 37.6 Å².